The maximum absolute atomic E-state index is 13.0. The first-order valence-electron chi connectivity index (χ1n) is 10.3. The lowest BCUT2D eigenvalue weighted by Crippen LogP contribution is -2.51. The zero-order valence-corrected chi connectivity index (χ0v) is 16.7. The van der Waals surface area contributed by atoms with E-state index in [1.807, 2.05) is 54.6 Å². The SMILES string of the molecule is O=C(Nc1ccc(-c2ccccc2)cc1)C1CCCN1C(=O)C1CCCN1C(=O)O. The lowest BCUT2D eigenvalue weighted by atomic mass is 10.1. The molecule has 2 heterocycles. The average Bonchev–Trinajstić information content (AvgIpc) is 3.44. The third-order valence-electron chi connectivity index (χ3n) is 5.88. The van der Waals surface area contributed by atoms with Crippen molar-refractivity contribution in [1.29, 1.82) is 0 Å². The van der Waals surface area contributed by atoms with Gasteiger partial charge in [0.05, 0.1) is 0 Å². The molecule has 2 aromatic carbocycles. The van der Waals surface area contributed by atoms with E-state index in [4.69, 9.17) is 0 Å². The van der Waals surface area contributed by atoms with Crippen LogP contribution in [0.1, 0.15) is 25.7 Å². The summed E-state index contributed by atoms with van der Waals surface area (Å²) in [7, 11) is 0. The van der Waals surface area contributed by atoms with Gasteiger partial charge in [-0.2, -0.15) is 0 Å². The Morgan fingerprint density at radius 2 is 1.40 bits per heavy atom. The van der Waals surface area contributed by atoms with Gasteiger partial charge in [0.1, 0.15) is 12.1 Å². The van der Waals surface area contributed by atoms with Gasteiger partial charge in [-0.05, 0) is 48.9 Å². The maximum Gasteiger partial charge on any atom is 0.407 e. The average molecular weight is 407 g/mol. The fraction of sp³-hybridized carbons (Fsp3) is 0.348. The van der Waals surface area contributed by atoms with Gasteiger partial charge >= 0.3 is 6.09 Å². The van der Waals surface area contributed by atoms with Crippen molar-refractivity contribution < 1.29 is 19.5 Å². The number of nitrogens with zero attached hydrogens (tertiary/aromatic N) is 2. The molecule has 30 heavy (non-hydrogen) atoms. The first kappa shape index (κ1) is 19.9. The van der Waals surface area contributed by atoms with Crippen LogP contribution in [0.4, 0.5) is 10.5 Å². The monoisotopic (exact) mass is 407 g/mol. The van der Waals surface area contributed by atoms with E-state index in [1.165, 1.54) is 4.90 Å². The largest absolute Gasteiger partial charge is 0.465 e. The van der Waals surface area contributed by atoms with Crippen LogP contribution >= 0.6 is 0 Å². The van der Waals surface area contributed by atoms with Crippen molar-refractivity contribution in [3.05, 3.63) is 54.6 Å². The van der Waals surface area contributed by atoms with Crippen LogP contribution in [0.3, 0.4) is 0 Å². The van der Waals surface area contributed by atoms with Crippen molar-refractivity contribution in [3.63, 3.8) is 0 Å². The predicted octanol–water partition coefficient (Wildman–Crippen LogP) is 3.43. The summed E-state index contributed by atoms with van der Waals surface area (Å²) < 4.78 is 0. The summed E-state index contributed by atoms with van der Waals surface area (Å²) in [6.45, 7) is 0.845. The Balaban J connectivity index is 1.42. The van der Waals surface area contributed by atoms with Gasteiger partial charge < -0.3 is 15.3 Å². The van der Waals surface area contributed by atoms with Crippen molar-refractivity contribution in [3.8, 4) is 11.1 Å². The van der Waals surface area contributed by atoms with Gasteiger partial charge in [-0.1, -0.05) is 42.5 Å². The van der Waals surface area contributed by atoms with Crippen molar-refractivity contribution in [1.82, 2.24) is 9.80 Å². The fourth-order valence-corrected chi connectivity index (χ4v) is 4.35. The van der Waals surface area contributed by atoms with Gasteiger partial charge in [-0.3, -0.25) is 14.5 Å². The fourth-order valence-electron chi connectivity index (χ4n) is 4.35. The van der Waals surface area contributed by atoms with Crippen molar-refractivity contribution in [2.24, 2.45) is 0 Å². The molecule has 2 aliphatic heterocycles. The van der Waals surface area contributed by atoms with Crippen molar-refractivity contribution in [2.45, 2.75) is 37.8 Å². The summed E-state index contributed by atoms with van der Waals surface area (Å²) in [4.78, 5) is 40.0. The standard InChI is InChI=1S/C23H25N3O4/c27-21(24-18-12-10-17(11-13-18)16-6-2-1-3-7-16)19-8-4-14-25(19)22(28)20-9-5-15-26(20)23(29)30/h1-3,6-7,10-13,19-20H,4-5,8-9,14-15H2,(H,24,27)(H,29,30). The molecule has 2 atom stereocenters. The number of benzene rings is 2. The van der Waals surface area contributed by atoms with Crippen LogP contribution in [0, 0.1) is 0 Å². The summed E-state index contributed by atoms with van der Waals surface area (Å²) in [6, 6.07) is 16.3. The molecule has 2 N–H and O–H groups in total. The van der Waals surface area contributed by atoms with Crippen LogP contribution in [-0.4, -0.2) is 58.0 Å². The Hall–Kier alpha value is -3.35. The molecular formula is C23H25N3O4. The van der Waals surface area contributed by atoms with E-state index in [9.17, 15) is 19.5 Å². The number of hydrogen-bond acceptors (Lipinski definition) is 3. The summed E-state index contributed by atoms with van der Waals surface area (Å²) in [6.07, 6.45) is 1.42. The Bertz CT molecular complexity index is 929. The number of carbonyl (C=O) groups excluding carboxylic acids is 2. The van der Waals surface area contributed by atoms with Gasteiger partial charge in [-0.15, -0.1) is 0 Å². The molecule has 3 amide bonds. The normalized spacial score (nSPS) is 20.9. The minimum Gasteiger partial charge on any atom is -0.465 e. The highest BCUT2D eigenvalue weighted by atomic mass is 16.4. The van der Waals surface area contributed by atoms with Gasteiger partial charge in [0.2, 0.25) is 11.8 Å². The first-order chi connectivity index (χ1) is 14.5. The molecule has 0 radical (unpaired) electrons. The lowest BCUT2D eigenvalue weighted by Gasteiger charge is -2.29. The smallest absolute Gasteiger partial charge is 0.407 e. The highest BCUT2D eigenvalue weighted by Crippen LogP contribution is 2.26. The van der Waals surface area contributed by atoms with E-state index in [0.29, 0.717) is 38.0 Å². The van der Waals surface area contributed by atoms with Crippen LogP contribution in [0.5, 0.6) is 0 Å². The highest BCUT2D eigenvalue weighted by molar-refractivity contribution is 5.98. The number of anilines is 1. The Kier molecular flexibility index (Phi) is 5.70. The molecule has 0 spiro atoms. The molecule has 4 rings (SSSR count). The Labute approximate surface area is 175 Å². The molecule has 2 saturated heterocycles. The minimum absolute atomic E-state index is 0.229. The molecule has 0 aromatic heterocycles. The number of rotatable bonds is 4. The van der Waals surface area contributed by atoms with E-state index in [-0.39, 0.29) is 11.8 Å². The molecule has 0 saturated carbocycles. The highest BCUT2D eigenvalue weighted by Gasteiger charge is 2.42. The summed E-state index contributed by atoms with van der Waals surface area (Å²) in [5.41, 5.74) is 2.83. The molecule has 2 aliphatic rings. The van der Waals surface area contributed by atoms with Crippen molar-refractivity contribution in [2.75, 3.05) is 18.4 Å². The van der Waals surface area contributed by atoms with Crippen LogP contribution in [0.15, 0.2) is 54.6 Å². The topological polar surface area (TPSA) is 90.0 Å². The Morgan fingerprint density at radius 1 is 0.800 bits per heavy atom. The molecule has 7 heteroatoms. The zero-order valence-electron chi connectivity index (χ0n) is 16.7. The van der Waals surface area contributed by atoms with Gasteiger partial charge in [0, 0.05) is 18.8 Å². The van der Waals surface area contributed by atoms with Crippen LogP contribution in [0.25, 0.3) is 11.1 Å². The number of amides is 3. The number of hydrogen-bond donors (Lipinski definition) is 2. The Morgan fingerprint density at radius 3 is 2.07 bits per heavy atom. The molecule has 2 fully saturated rings. The predicted molar refractivity (Wildman–Crippen MR) is 113 cm³/mol. The number of likely N-dealkylation sites (tertiary alicyclic amines) is 2. The third kappa shape index (κ3) is 4.01. The quantitative estimate of drug-likeness (QED) is 0.813. The van der Waals surface area contributed by atoms with E-state index in [1.54, 1.807) is 4.90 Å². The van der Waals surface area contributed by atoms with Gasteiger partial charge in [0.25, 0.3) is 0 Å². The van der Waals surface area contributed by atoms with Gasteiger partial charge in [0.15, 0.2) is 0 Å². The number of carbonyl (C=O) groups is 3. The van der Waals surface area contributed by atoms with Crippen LogP contribution in [0.2, 0.25) is 0 Å². The second-order valence-electron chi connectivity index (χ2n) is 7.76. The van der Waals surface area contributed by atoms with Crippen LogP contribution in [-0.2, 0) is 9.59 Å². The zero-order chi connectivity index (χ0) is 21.1. The summed E-state index contributed by atoms with van der Waals surface area (Å²) in [5, 5.41) is 12.2. The molecule has 7 nitrogen and oxygen atoms in total. The molecule has 156 valence electrons. The molecule has 2 unspecified atom stereocenters. The summed E-state index contributed by atoms with van der Waals surface area (Å²) in [5.74, 6) is -0.486. The number of carboxylic acid groups (broad SMARTS) is 1. The summed E-state index contributed by atoms with van der Waals surface area (Å²) >= 11 is 0. The third-order valence-corrected chi connectivity index (χ3v) is 5.88. The maximum atomic E-state index is 13.0. The molecule has 0 bridgehead atoms. The van der Waals surface area contributed by atoms with E-state index >= 15 is 0 Å². The first-order valence-corrected chi connectivity index (χ1v) is 10.3. The van der Waals surface area contributed by atoms with E-state index < -0.39 is 18.2 Å². The van der Waals surface area contributed by atoms with E-state index in [2.05, 4.69) is 5.32 Å². The minimum atomic E-state index is -1.08. The number of nitrogens with one attached hydrogen (secondary N) is 1. The van der Waals surface area contributed by atoms with Crippen molar-refractivity contribution >= 4 is 23.6 Å². The molecular weight excluding hydrogens is 382 g/mol. The second-order valence-corrected chi connectivity index (χ2v) is 7.76. The van der Waals surface area contributed by atoms with E-state index in [0.717, 1.165) is 17.5 Å². The van der Waals surface area contributed by atoms with Crippen LogP contribution < -0.4 is 5.32 Å². The molecule has 0 aliphatic carbocycles. The second kappa shape index (κ2) is 8.57. The lowest BCUT2D eigenvalue weighted by molar-refractivity contribution is -0.140. The molecule has 2 aromatic rings. The van der Waals surface area contributed by atoms with Gasteiger partial charge in [-0.25, -0.2) is 4.79 Å².